The maximum atomic E-state index is 12.2. The highest BCUT2D eigenvalue weighted by molar-refractivity contribution is 7.12. The molecule has 30 heavy (non-hydrogen) atoms. The van der Waals surface area contributed by atoms with Crippen molar-refractivity contribution in [1.29, 1.82) is 0 Å². The third-order valence-electron chi connectivity index (χ3n) is 4.59. The van der Waals surface area contributed by atoms with Gasteiger partial charge in [0.2, 0.25) is 0 Å². The highest BCUT2D eigenvalue weighted by Gasteiger charge is 2.13. The summed E-state index contributed by atoms with van der Waals surface area (Å²) >= 11 is 1.39. The van der Waals surface area contributed by atoms with Gasteiger partial charge in [-0.05, 0) is 65.2 Å². The summed E-state index contributed by atoms with van der Waals surface area (Å²) in [5.41, 5.74) is 3.50. The van der Waals surface area contributed by atoms with E-state index in [1.165, 1.54) is 16.9 Å². The number of ether oxygens (including phenoxy) is 1. The zero-order valence-electron chi connectivity index (χ0n) is 17.6. The first-order valence-corrected chi connectivity index (χ1v) is 10.6. The molecule has 0 aliphatic carbocycles. The molecule has 1 aromatic heterocycles. The van der Waals surface area contributed by atoms with E-state index < -0.39 is 0 Å². The zero-order chi connectivity index (χ0) is 21.7. The van der Waals surface area contributed by atoms with Crippen molar-refractivity contribution < 1.29 is 14.3 Å². The fourth-order valence-electron chi connectivity index (χ4n) is 2.87. The van der Waals surface area contributed by atoms with Gasteiger partial charge in [0.25, 0.3) is 11.8 Å². The van der Waals surface area contributed by atoms with Crippen LogP contribution in [0.3, 0.4) is 0 Å². The lowest BCUT2D eigenvalue weighted by molar-refractivity contribution is -0.118. The van der Waals surface area contributed by atoms with Gasteiger partial charge < -0.3 is 15.4 Å². The number of carbonyl (C=O) groups is 2. The Kier molecular flexibility index (Phi) is 6.57. The van der Waals surface area contributed by atoms with Crippen molar-refractivity contribution in [2.75, 3.05) is 17.2 Å². The fourth-order valence-corrected chi connectivity index (χ4v) is 3.49. The molecule has 0 saturated heterocycles. The van der Waals surface area contributed by atoms with Gasteiger partial charge in [-0.15, -0.1) is 11.3 Å². The standard InChI is InChI=1S/C24H26N2O3S/c1-16-14-18(9-12-20(16)26-23(28)21-6-5-13-30-21)25-22(27)15-29-19-10-7-17(8-11-19)24(2,3)4/h5-14H,15H2,1-4H3,(H,25,27)(H,26,28). The lowest BCUT2D eigenvalue weighted by atomic mass is 9.87. The summed E-state index contributed by atoms with van der Waals surface area (Å²) in [4.78, 5) is 25.1. The summed E-state index contributed by atoms with van der Waals surface area (Å²) in [6.45, 7) is 8.25. The average Bonchev–Trinajstić information content (AvgIpc) is 3.23. The number of nitrogens with one attached hydrogen (secondary N) is 2. The molecule has 0 radical (unpaired) electrons. The van der Waals surface area contributed by atoms with E-state index in [1.807, 2.05) is 48.7 Å². The van der Waals surface area contributed by atoms with Gasteiger partial charge in [0.15, 0.2) is 6.61 Å². The molecule has 0 unspecified atom stereocenters. The van der Waals surface area contributed by atoms with E-state index in [4.69, 9.17) is 4.74 Å². The van der Waals surface area contributed by atoms with Crippen LogP contribution in [0.5, 0.6) is 5.75 Å². The first-order valence-electron chi connectivity index (χ1n) is 9.71. The Morgan fingerprint density at radius 3 is 2.33 bits per heavy atom. The van der Waals surface area contributed by atoms with Crippen LogP contribution in [0.15, 0.2) is 60.0 Å². The Morgan fingerprint density at radius 2 is 1.73 bits per heavy atom. The van der Waals surface area contributed by atoms with Crippen molar-refractivity contribution in [3.05, 3.63) is 76.0 Å². The van der Waals surface area contributed by atoms with E-state index in [-0.39, 0.29) is 23.8 Å². The molecule has 6 heteroatoms. The van der Waals surface area contributed by atoms with Crippen LogP contribution in [0.25, 0.3) is 0 Å². The molecule has 156 valence electrons. The molecular formula is C24H26N2O3S. The number of hydrogen-bond acceptors (Lipinski definition) is 4. The molecule has 0 fully saturated rings. The van der Waals surface area contributed by atoms with Crippen LogP contribution in [0.1, 0.15) is 41.6 Å². The molecule has 0 saturated carbocycles. The van der Waals surface area contributed by atoms with Gasteiger partial charge in [0, 0.05) is 11.4 Å². The number of thiophene rings is 1. The second-order valence-electron chi connectivity index (χ2n) is 8.07. The smallest absolute Gasteiger partial charge is 0.265 e. The second kappa shape index (κ2) is 9.13. The predicted molar refractivity (Wildman–Crippen MR) is 123 cm³/mol. The van der Waals surface area contributed by atoms with E-state index >= 15 is 0 Å². The number of hydrogen-bond donors (Lipinski definition) is 2. The summed E-state index contributed by atoms with van der Waals surface area (Å²) in [6, 6.07) is 16.8. The van der Waals surface area contributed by atoms with E-state index in [9.17, 15) is 9.59 Å². The third-order valence-corrected chi connectivity index (χ3v) is 5.46. The molecule has 0 spiro atoms. The van der Waals surface area contributed by atoms with Crippen LogP contribution in [0.2, 0.25) is 0 Å². The molecular weight excluding hydrogens is 396 g/mol. The molecule has 1 heterocycles. The zero-order valence-corrected chi connectivity index (χ0v) is 18.4. The van der Waals surface area contributed by atoms with Crippen molar-refractivity contribution in [2.45, 2.75) is 33.1 Å². The van der Waals surface area contributed by atoms with E-state index in [0.29, 0.717) is 22.0 Å². The first kappa shape index (κ1) is 21.6. The Bertz CT molecular complexity index is 1020. The summed E-state index contributed by atoms with van der Waals surface area (Å²) in [5, 5.41) is 7.57. The van der Waals surface area contributed by atoms with Crippen LogP contribution in [-0.4, -0.2) is 18.4 Å². The summed E-state index contributed by atoms with van der Waals surface area (Å²) < 4.78 is 5.59. The minimum absolute atomic E-state index is 0.0726. The van der Waals surface area contributed by atoms with Gasteiger partial charge in [-0.3, -0.25) is 9.59 Å². The number of rotatable bonds is 6. The lowest BCUT2D eigenvalue weighted by Gasteiger charge is -2.19. The van der Waals surface area contributed by atoms with Gasteiger partial charge in [-0.1, -0.05) is 39.0 Å². The monoisotopic (exact) mass is 422 g/mol. The van der Waals surface area contributed by atoms with Crippen LogP contribution in [0, 0.1) is 6.92 Å². The van der Waals surface area contributed by atoms with E-state index in [0.717, 1.165) is 5.56 Å². The summed E-state index contributed by atoms with van der Waals surface area (Å²) in [5.74, 6) is 0.265. The maximum absolute atomic E-state index is 12.2. The highest BCUT2D eigenvalue weighted by atomic mass is 32.1. The largest absolute Gasteiger partial charge is 0.484 e. The van der Waals surface area contributed by atoms with Crippen molar-refractivity contribution in [1.82, 2.24) is 0 Å². The van der Waals surface area contributed by atoms with Crippen LogP contribution in [-0.2, 0) is 10.2 Å². The highest BCUT2D eigenvalue weighted by Crippen LogP contribution is 2.24. The predicted octanol–water partition coefficient (Wildman–Crippen LogP) is 5.62. The number of amides is 2. The minimum atomic E-state index is -0.246. The van der Waals surface area contributed by atoms with Crippen LogP contribution >= 0.6 is 11.3 Å². The Hall–Kier alpha value is -3.12. The molecule has 2 aromatic carbocycles. The van der Waals surface area contributed by atoms with Crippen molar-refractivity contribution in [3.63, 3.8) is 0 Å². The molecule has 0 aliphatic rings. The molecule has 3 aromatic rings. The summed E-state index contributed by atoms with van der Waals surface area (Å²) in [7, 11) is 0. The van der Waals surface area contributed by atoms with Crippen molar-refractivity contribution >= 4 is 34.5 Å². The van der Waals surface area contributed by atoms with E-state index in [2.05, 4.69) is 31.4 Å². The van der Waals surface area contributed by atoms with Crippen molar-refractivity contribution in [2.24, 2.45) is 0 Å². The quantitative estimate of drug-likeness (QED) is 0.541. The second-order valence-corrected chi connectivity index (χ2v) is 9.02. The van der Waals surface area contributed by atoms with Crippen LogP contribution in [0.4, 0.5) is 11.4 Å². The third kappa shape index (κ3) is 5.70. The van der Waals surface area contributed by atoms with Gasteiger partial charge in [0.1, 0.15) is 5.75 Å². The van der Waals surface area contributed by atoms with Crippen LogP contribution < -0.4 is 15.4 Å². The van der Waals surface area contributed by atoms with Crippen molar-refractivity contribution in [3.8, 4) is 5.75 Å². The lowest BCUT2D eigenvalue weighted by Crippen LogP contribution is -2.20. The normalized spacial score (nSPS) is 11.1. The molecule has 0 bridgehead atoms. The minimum Gasteiger partial charge on any atom is -0.484 e. The molecule has 2 N–H and O–H groups in total. The maximum Gasteiger partial charge on any atom is 0.265 e. The molecule has 5 nitrogen and oxygen atoms in total. The number of anilines is 2. The number of benzene rings is 2. The summed E-state index contributed by atoms with van der Waals surface area (Å²) in [6.07, 6.45) is 0. The Balaban J connectivity index is 1.54. The van der Waals surface area contributed by atoms with Gasteiger partial charge in [-0.2, -0.15) is 0 Å². The average molecular weight is 423 g/mol. The van der Waals surface area contributed by atoms with E-state index in [1.54, 1.807) is 18.2 Å². The molecule has 3 rings (SSSR count). The molecule has 0 atom stereocenters. The van der Waals surface area contributed by atoms with Gasteiger partial charge >= 0.3 is 0 Å². The first-order chi connectivity index (χ1) is 14.2. The number of aryl methyl sites for hydroxylation is 1. The number of carbonyl (C=O) groups excluding carboxylic acids is 2. The van der Waals surface area contributed by atoms with Gasteiger partial charge in [-0.25, -0.2) is 0 Å². The molecule has 2 amide bonds. The van der Waals surface area contributed by atoms with Gasteiger partial charge in [0.05, 0.1) is 4.88 Å². The molecule has 0 aliphatic heterocycles. The topological polar surface area (TPSA) is 67.4 Å². The Morgan fingerprint density at radius 1 is 1.00 bits per heavy atom. The Labute approximate surface area is 181 Å². The fraction of sp³-hybridized carbons (Fsp3) is 0.250. The SMILES string of the molecule is Cc1cc(NC(=O)COc2ccc(C(C)(C)C)cc2)ccc1NC(=O)c1cccs1.